The van der Waals surface area contributed by atoms with Crippen molar-refractivity contribution in [3.8, 4) is 0 Å². The van der Waals surface area contributed by atoms with Gasteiger partial charge in [0.05, 0.1) is 17.7 Å². The van der Waals surface area contributed by atoms with Gasteiger partial charge in [0.1, 0.15) is 6.26 Å². The quantitative estimate of drug-likeness (QED) is 0.698. The van der Waals surface area contributed by atoms with Crippen LogP contribution in [0.25, 0.3) is 0 Å². The highest BCUT2D eigenvalue weighted by molar-refractivity contribution is 5.93. The Bertz CT molecular complexity index is 570. The number of likely N-dealkylation sites (tertiary alicyclic amines) is 1. The predicted octanol–water partition coefficient (Wildman–Crippen LogP) is 1.16. The summed E-state index contributed by atoms with van der Waals surface area (Å²) in [7, 11) is 0. The maximum absolute atomic E-state index is 12.2. The van der Waals surface area contributed by atoms with Crippen molar-refractivity contribution in [1.29, 1.82) is 0 Å². The van der Waals surface area contributed by atoms with Gasteiger partial charge in [-0.1, -0.05) is 13.3 Å². The number of carbonyl (C=O) groups is 3. The summed E-state index contributed by atoms with van der Waals surface area (Å²) in [5.41, 5.74) is 0.447. The van der Waals surface area contributed by atoms with E-state index in [1.54, 1.807) is 11.0 Å². The minimum absolute atomic E-state index is 0.0457. The lowest BCUT2D eigenvalue weighted by Crippen LogP contribution is -2.39. The van der Waals surface area contributed by atoms with Gasteiger partial charge < -0.3 is 20.0 Å². The summed E-state index contributed by atoms with van der Waals surface area (Å²) in [6.45, 7) is 5.24. The summed E-state index contributed by atoms with van der Waals surface area (Å²) in [5.74, 6) is -0.633. The first-order chi connectivity index (χ1) is 11.5. The highest BCUT2D eigenvalue weighted by Gasteiger charge is 2.36. The van der Waals surface area contributed by atoms with Gasteiger partial charge in [0.2, 0.25) is 11.8 Å². The molecule has 0 unspecified atom stereocenters. The molecule has 3 amide bonds. The first kappa shape index (κ1) is 18.0. The summed E-state index contributed by atoms with van der Waals surface area (Å²) in [6.07, 6.45) is 5.02. The molecule has 1 fully saturated rings. The Morgan fingerprint density at radius 1 is 1.38 bits per heavy atom. The number of furan rings is 1. The number of rotatable bonds is 8. The SMILES string of the molecule is CCC[C@@H](C)N1C[C@H](C(=O)NCCNC(=O)c2ccoc2)CC1=O. The van der Waals surface area contributed by atoms with Crippen molar-refractivity contribution in [2.24, 2.45) is 5.92 Å². The fourth-order valence-electron chi connectivity index (χ4n) is 2.91. The Labute approximate surface area is 141 Å². The Kier molecular flexibility index (Phi) is 6.40. The van der Waals surface area contributed by atoms with E-state index < -0.39 is 0 Å². The van der Waals surface area contributed by atoms with E-state index in [9.17, 15) is 14.4 Å². The molecule has 0 bridgehead atoms. The van der Waals surface area contributed by atoms with E-state index in [1.165, 1.54) is 12.5 Å². The van der Waals surface area contributed by atoms with Gasteiger partial charge in [-0.2, -0.15) is 0 Å². The van der Waals surface area contributed by atoms with Gasteiger partial charge in [-0.15, -0.1) is 0 Å². The van der Waals surface area contributed by atoms with E-state index in [0.29, 0.717) is 25.2 Å². The summed E-state index contributed by atoms with van der Waals surface area (Å²) < 4.78 is 4.84. The van der Waals surface area contributed by atoms with Crippen LogP contribution in [-0.2, 0) is 9.59 Å². The molecule has 0 saturated carbocycles. The van der Waals surface area contributed by atoms with Gasteiger partial charge in [0, 0.05) is 32.1 Å². The topological polar surface area (TPSA) is 91.7 Å². The van der Waals surface area contributed by atoms with E-state index in [-0.39, 0.29) is 36.1 Å². The molecule has 0 aromatic carbocycles. The summed E-state index contributed by atoms with van der Waals surface area (Å²) in [4.78, 5) is 37.7. The van der Waals surface area contributed by atoms with Crippen LogP contribution in [0.2, 0.25) is 0 Å². The maximum atomic E-state index is 12.2. The number of hydrogen-bond donors (Lipinski definition) is 2. The monoisotopic (exact) mass is 335 g/mol. The fourth-order valence-corrected chi connectivity index (χ4v) is 2.91. The standard InChI is InChI=1S/C17H25N3O4/c1-3-4-12(2)20-10-14(9-15(20)21)17(23)19-7-6-18-16(22)13-5-8-24-11-13/h5,8,11-12,14H,3-4,6-7,9-10H2,1-2H3,(H,18,22)(H,19,23)/t12-,14-/m1/s1. The van der Waals surface area contributed by atoms with Crippen LogP contribution in [0.15, 0.2) is 23.0 Å². The largest absolute Gasteiger partial charge is 0.472 e. The van der Waals surface area contributed by atoms with Crippen molar-refractivity contribution in [2.75, 3.05) is 19.6 Å². The smallest absolute Gasteiger partial charge is 0.254 e. The van der Waals surface area contributed by atoms with Crippen LogP contribution in [0.1, 0.15) is 43.5 Å². The minimum atomic E-state index is -0.304. The highest BCUT2D eigenvalue weighted by atomic mass is 16.3. The summed E-state index contributed by atoms with van der Waals surface area (Å²) in [6, 6.07) is 1.75. The average molecular weight is 335 g/mol. The van der Waals surface area contributed by atoms with Crippen molar-refractivity contribution < 1.29 is 18.8 Å². The van der Waals surface area contributed by atoms with Crippen LogP contribution < -0.4 is 10.6 Å². The van der Waals surface area contributed by atoms with E-state index in [1.807, 2.05) is 6.92 Å². The van der Waals surface area contributed by atoms with Gasteiger partial charge in [-0.25, -0.2) is 0 Å². The molecule has 2 N–H and O–H groups in total. The van der Waals surface area contributed by atoms with Gasteiger partial charge in [0.15, 0.2) is 0 Å². The Hall–Kier alpha value is -2.31. The van der Waals surface area contributed by atoms with E-state index in [4.69, 9.17) is 4.42 Å². The van der Waals surface area contributed by atoms with Crippen LogP contribution in [0.3, 0.4) is 0 Å². The molecule has 132 valence electrons. The first-order valence-electron chi connectivity index (χ1n) is 8.40. The van der Waals surface area contributed by atoms with Crippen molar-refractivity contribution in [3.05, 3.63) is 24.2 Å². The normalized spacial score (nSPS) is 18.5. The zero-order valence-electron chi connectivity index (χ0n) is 14.2. The second kappa shape index (κ2) is 8.52. The number of amides is 3. The highest BCUT2D eigenvalue weighted by Crippen LogP contribution is 2.22. The number of nitrogens with zero attached hydrogens (tertiary/aromatic N) is 1. The second-order valence-corrected chi connectivity index (χ2v) is 6.14. The van der Waals surface area contributed by atoms with Crippen LogP contribution in [0, 0.1) is 5.92 Å². The Morgan fingerprint density at radius 2 is 2.12 bits per heavy atom. The zero-order valence-corrected chi connectivity index (χ0v) is 14.2. The zero-order chi connectivity index (χ0) is 17.5. The summed E-state index contributed by atoms with van der Waals surface area (Å²) >= 11 is 0. The first-order valence-corrected chi connectivity index (χ1v) is 8.40. The maximum Gasteiger partial charge on any atom is 0.254 e. The molecular formula is C17H25N3O4. The molecule has 2 atom stereocenters. The molecule has 7 nitrogen and oxygen atoms in total. The molecule has 1 aliphatic heterocycles. The third kappa shape index (κ3) is 4.59. The lowest BCUT2D eigenvalue weighted by molar-refractivity contribution is -0.130. The number of hydrogen-bond acceptors (Lipinski definition) is 4. The molecule has 1 aromatic rings. The third-order valence-electron chi connectivity index (χ3n) is 4.26. The molecule has 7 heteroatoms. The Morgan fingerprint density at radius 3 is 2.79 bits per heavy atom. The van der Waals surface area contributed by atoms with Gasteiger partial charge in [0.25, 0.3) is 5.91 Å². The molecule has 2 rings (SSSR count). The van der Waals surface area contributed by atoms with Crippen molar-refractivity contribution in [1.82, 2.24) is 15.5 Å². The van der Waals surface area contributed by atoms with Gasteiger partial charge in [-0.05, 0) is 19.4 Å². The minimum Gasteiger partial charge on any atom is -0.472 e. The second-order valence-electron chi connectivity index (χ2n) is 6.14. The lowest BCUT2D eigenvalue weighted by atomic mass is 10.1. The molecule has 24 heavy (non-hydrogen) atoms. The number of carbonyl (C=O) groups excluding carboxylic acids is 3. The molecule has 0 spiro atoms. The van der Waals surface area contributed by atoms with Gasteiger partial charge >= 0.3 is 0 Å². The van der Waals surface area contributed by atoms with Crippen LogP contribution in [-0.4, -0.2) is 48.3 Å². The summed E-state index contributed by atoms with van der Waals surface area (Å²) in [5, 5.41) is 5.47. The van der Waals surface area contributed by atoms with Crippen LogP contribution in [0.4, 0.5) is 0 Å². The van der Waals surface area contributed by atoms with Crippen molar-refractivity contribution >= 4 is 17.7 Å². The van der Waals surface area contributed by atoms with Crippen LogP contribution in [0.5, 0.6) is 0 Å². The molecule has 0 radical (unpaired) electrons. The average Bonchev–Trinajstić information content (AvgIpc) is 3.21. The molecule has 1 aromatic heterocycles. The molecule has 2 heterocycles. The van der Waals surface area contributed by atoms with Crippen molar-refractivity contribution in [3.63, 3.8) is 0 Å². The lowest BCUT2D eigenvalue weighted by Gasteiger charge is -2.24. The van der Waals surface area contributed by atoms with Crippen LogP contribution >= 0.6 is 0 Å². The number of nitrogens with one attached hydrogen (secondary N) is 2. The third-order valence-corrected chi connectivity index (χ3v) is 4.26. The molecule has 1 aliphatic rings. The van der Waals surface area contributed by atoms with E-state index in [2.05, 4.69) is 17.6 Å². The van der Waals surface area contributed by atoms with Gasteiger partial charge in [-0.3, -0.25) is 14.4 Å². The van der Waals surface area contributed by atoms with Crippen molar-refractivity contribution in [2.45, 2.75) is 39.2 Å². The predicted molar refractivity (Wildman–Crippen MR) is 88.2 cm³/mol. The van der Waals surface area contributed by atoms with E-state index >= 15 is 0 Å². The van der Waals surface area contributed by atoms with E-state index in [0.717, 1.165) is 12.8 Å². The Balaban J connectivity index is 1.69. The molecular weight excluding hydrogens is 310 g/mol. The molecule has 0 aliphatic carbocycles. The molecule has 1 saturated heterocycles. The fraction of sp³-hybridized carbons (Fsp3) is 0.588.